The predicted molar refractivity (Wildman–Crippen MR) is 104 cm³/mol. The van der Waals surface area contributed by atoms with Gasteiger partial charge in [0.15, 0.2) is 5.17 Å². The Bertz CT molecular complexity index is 905. The second-order valence-electron chi connectivity index (χ2n) is 5.59. The molecule has 1 aliphatic heterocycles. The number of amidine groups is 1. The van der Waals surface area contributed by atoms with Crippen molar-refractivity contribution in [2.24, 2.45) is 4.99 Å². The first-order valence-electron chi connectivity index (χ1n) is 7.90. The molecule has 9 heteroatoms. The normalized spacial score (nSPS) is 18.1. The highest BCUT2D eigenvalue weighted by Gasteiger charge is 2.30. The molecule has 0 bridgehead atoms. The highest BCUT2D eigenvalue weighted by atomic mass is 35.5. The number of hydrogen-bond donors (Lipinski definition) is 2. The van der Waals surface area contributed by atoms with Gasteiger partial charge in [0.1, 0.15) is 16.8 Å². The van der Waals surface area contributed by atoms with Crippen LogP contribution in [0.3, 0.4) is 0 Å². The van der Waals surface area contributed by atoms with Crippen LogP contribution in [0.1, 0.15) is 6.42 Å². The summed E-state index contributed by atoms with van der Waals surface area (Å²) in [7, 11) is 1.56. The lowest BCUT2D eigenvalue weighted by atomic mass is 10.2. The van der Waals surface area contributed by atoms with Crippen molar-refractivity contribution >= 4 is 51.7 Å². The molecule has 0 unspecified atom stereocenters. The number of carbonyl (C=O) groups is 2. The van der Waals surface area contributed by atoms with Crippen molar-refractivity contribution < 1.29 is 18.7 Å². The van der Waals surface area contributed by atoms with E-state index >= 15 is 0 Å². The van der Waals surface area contributed by atoms with Crippen LogP contribution in [-0.4, -0.2) is 29.3 Å². The number of amides is 2. The molecule has 0 spiro atoms. The molecular weight excluding hydrogens is 393 g/mol. The van der Waals surface area contributed by atoms with Gasteiger partial charge in [-0.3, -0.25) is 9.59 Å². The monoisotopic (exact) mass is 407 g/mol. The number of nitrogens with one attached hydrogen (secondary N) is 2. The van der Waals surface area contributed by atoms with Crippen molar-refractivity contribution in [3.63, 3.8) is 0 Å². The summed E-state index contributed by atoms with van der Waals surface area (Å²) in [6.45, 7) is 0. The van der Waals surface area contributed by atoms with Crippen molar-refractivity contribution in [2.45, 2.75) is 11.7 Å². The first-order valence-corrected chi connectivity index (χ1v) is 9.15. The van der Waals surface area contributed by atoms with Gasteiger partial charge < -0.3 is 15.4 Å². The number of halogens is 2. The molecule has 2 N–H and O–H groups in total. The Balaban J connectivity index is 1.71. The van der Waals surface area contributed by atoms with E-state index in [0.717, 1.165) is 11.8 Å². The quantitative estimate of drug-likeness (QED) is 0.809. The van der Waals surface area contributed by atoms with Crippen LogP contribution in [0.15, 0.2) is 47.5 Å². The summed E-state index contributed by atoms with van der Waals surface area (Å²) >= 11 is 6.86. The smallest absolute Gasteiger partial charge is 0.238 e. The maximum absolute atomic E-state index is 13.2. The molecule has 2 amide bonds. The average Bonchev–Trinajstić information content (AvgIpc) is 2.65. The molecule has 0 saturated carbocycles. The fourth-order valence-corrected chi connectivity index (χ4v) is 3.49. The fraction of sp³-hybridized carbons (Fsp3) is 0.167. The van der Waals surface area contributed by atoms with Gasteiger partial charge in [-0.15, -0.1) is 0 Å². The number of hydrogen-bond acceptors (Lipinski definition) is 5. The highest BCUT2D eigenvalue weighted by molar-refractivity contribution is 8.15. The van der Waals surface area contributed by atoms with Crippen molar-refractivity contribution in [3.05, 3.63) is 53.3 Å². The Kier molecular flexibility index (Phi) is 5.98. The van der Waals surface area contributed by atoms with E-state index < -0.39 is 11.1 Å². The lowest BCUT2D eigenvalue weighted by Crippen LogP contribution is -2.41. The number of benzene rings is 2. The van der Waals surface area contributed by atoms with E-state index in [1.54, 1.807) is 31.4 Å². The molecule has 0 aromatic heterocycles. The van der Waals surface area contributed by atoms with Crippen LogP contribution in [0, 0.1) is 5.82 Å². The van der Waals surface area contributed by atoms with Crippen LogP contribution >= 0.6 is 23.4 Å². The van der Waals surface area contributed by atoms with Gasteiger partial charge in [0.25, 0.3) is 0 Å². The van der Waals surface area contributed by atoms with Crippen molar-refractivity contribution in [3.8, 4) is 5.75 Å². The second kappa shape index (κ2) is 8.41. The van der Waals surface area contributed by atoms with E-state index in [0.29, 0.717) is 17.1 Å². The average molecular weight is 408 g/mol. The molecule has 140 valence electrons. The molecule has 3 rings (SSSR count). The van der Waals surface area contributed by atoms with Crippen LogP contribution < -0.4 is 15.4 Å². The number of ether oxygens (including phenoxy) is 1. The third kappa shape index (κ3) is 4.99. The maximum Gasteiger partial charge on any atom is 0.238 e. The van der Waals surface area contributed by atoms with Crippen LogP contribution in [0.2, 0.25) is 5.02 Å². The number of aliphatic imine (C=N–C) groups is 1. The van der Waals surface area contributed by atoms with Gasteiger partial charge in [-0.2, -0.15) is 0 Å². The van der Waals surface area contributed by atoms with Gasteiger partial charge in [-0.05, 0) is 42.5 Å². The summed E-state index contributed by atoms with van der Waals surface area (Å²) in [6.07, 6.45) is 0.0237. The third-order valence-corrected chi connectivity index (χ3v) is 5.03. The van der Waals surface area contributed by atoms with E-state index in [1.165, 1.54) is 18.2 Å². The van der Waals surface area contributed by atoms with E-state index in [-0.39, 0.29) is 28.4 Å². The van der Waals surface area contributed by atoms with E-state index in [4.69, 9.17) is 16.3 Å². The minimum atomic E-state index is -0.643. The summed E-state index contributed by atoms with van der Waals surface area (Å²) < 4.78 is 18.3. The van der Waals surface area contributed by atoms with Gasteiger partial charge in [-0.25, -0.2) is 9.38 Å². The molecule has 0 aliphatic carbocycles. The zero-order valence-electron chi connectivity index (χ0n) is 14.2. The Morgan fingerprint density at radius 2 is 2.07 bits per heavy atom. The summed E-state index contributed by atoms with van der Waals surface area (Å²) in [5, 5.41) is 4.91. The van der Waals surface area contributed by atoms with Gasteiger partial charge in [0, 0.05) is 12.1 Å². The van der Waals surface area contributed by atoms with E-state index in [9.17, 15) is 14.0 Å². The van der Waals surface area contributed by atoms with Gasteiger partial charge in [0.2, 0.25) is 11.8 Å². The third-order valence-electron chi connectivity index (χ3n) is 3.65. The molecule has 6 nitrogen and oxygen atoms in total. The molecule has 2 aromatic carbocycles. The number of methoxy groups -OCH3 is 1. The second-order valence-corrected chi connectivity index (χ2v) is 7.19. The number of anilines is 1. The lowest BCUT2D eigenvalue weighted by molar-refractivity contribution is -0.123. The molecule has 2 aromatic rings. The Hall–Kier alpha value is -2.58. The molecule has 1 fully saturated rings. The van der Waals surface area contributed by atoms with Crippen molar-refractivity contribution in [2.75, 3.05) is 12.4 Å². The molecule has 1 atom stereocenters. The summed E-state index contributed by atoms with van der Waals surface area (Å²) in [5.41, 5.74) is 0.969. The first-order chi connectivity index (χ1) is 12.9. The van der Waals surface area contributed by atoms with Crippen molar-refractivity contribution in [1.29, 1.82) is 0 Å². The van der Waals surface area contributed by atoms with Crippen molar-refractivity contribution in [1.82, 2.24) is 5.32 Å². The van der Waals surface area contributed by atoms with E-state index in [1.807, 2.05) is 0 Å². The van der Waals surface area contributed by atoms with Crippen LogP contribution in [-0.2, 0) is 9.59 Å². The summed E-state index contributed by atoms with van der Waals surface area (Å²) in [6, 6.07) is 10.8. The highest BCUT2D eigenvalue weighted by Crippen LogP contribution is 2.27. The Labute approximate surface area is 164 Å². The topological polar surface area (TPSA) is 79.8 Å². The SMILES string of the molecule is COc1ccc(NC(=O)[C@@H]2CC(=O)NC(=Nc3ccc(F)c(Cl)c3)S2)cc1. The lowest BCUT2D eigenvalue weighted by Gasteiger charge is -2.22. The van der Waals surface area contributed by atoms with Crippen LogP contribution in [0.5, 0.6) is 5.75 Å². The van der Waals surface area contributed by atoms with Crippen LogP contribution in [0.25, 0.3) is 0 Å². The number of thioether (sulfide) groups is 1. The number of nitrogens with zero attached hydrogens (tertiary/aromatic N) is 1. The van der Waals surface area contributed by atoms with E-state index in [2.05, 4.69) is 15.6 Å². The zero-order valence-corrected chi connectivity index (χ0v) is 15.7. The van der Waals surface area contributed by atoms with Gasteiger partial charge in [0.05, 0.1) is 17.8 Å². The Morgan fingerprint density at radius 3 is 2.74 bits per heavy atom. The summed E-state index contributed by atoms with van der Waals surface area (Å²) in [5.74, 6) is -0.523. The molecular formula is C18H15ClFN3O3S. The Morgan fingerprint density at radius 1 is 1.33 bits per heavy atom. The molecule has 1 aliphatic rings. The molecule has 1 saturated heterocycles. The molecule has 0 radical (unpaired) electrons. The fourth-order valence-electron chi connectivity index (χ4n) is 2.31. The molecule has 27 heavy (non-hydrogen) atoms. The largest absolute Gasteiger partial charge is 0.497 e. The first kappa shape index (κ1) is 19.2. The predicted octanol–water partition coefficient (Wildman–Crippen LogP) is 3.74. The standard InChI is InChI=1S/C18H15ClFN3O3S/c1-26-12-5-2-10(3-6-12)21-17(25)15-9-16(24)23-18(27-15)22-11-4-7-14(20)13(19)8-11/h2-8,15H,9H2,1H3,(H,21,25)(H,22,23,24)/t15-/m0/s1. The molecule has 1 heterocycles. The minimum Gasteiger partial charge on any atom is -0.497 e. The van der Waals surface area contributed by atoms with Gasteiger partial charge in [-0.1, -0.05) is 23.4 Å². The number of carbonyl (C=O) groups excluding carboxylic acids is 2. The zero-order chi connectivity index (χ0) is 19.4. The summed E-state index contributed by atoms with van der Waals surface area (Å²) in [4.78, 5) is 28.7. The van der Waals surface area contributed by atoms with Gasteiger partial charge >= 0.3 is 0 Å². The number of rotatable bonds is 4. The minimum absolute atomic E-state index is 0.0237. The van der Waals surface area contributed by atoms with Crippen LogP contribution in [0.4, 0.5) is 15.8 Å². The maximum atomic E-state index is 13.2.